The second-order valence-electron chi connectivity index (χ2n) is 5.67. The van der Waals surface area contributed by atoms with Gasteiger partial charge in [0.2, 0.25) is 0 Å². The van der Waals surface area contributed by atoms with Crippen molar-refractivity contribution in [2.24, 2.45) is 0 Å². The van der Waals surface area contributed by atoms with Crippen molar-refractivity contribution in [1.82, 2.24) is 5.32 Å². The van der Waals surface area contributed by atoms with Gasteiger partial charge in [0.05, 0.1) is 6.26 Å². The summed E-state index contributed by atoms with van der Waals surface area (Å²) in [6, 6.07) is 8.72. The predicted octanol–water partition coefficient (Wildman–Crippen LogP) is 4.03. The molecule has 2 aromatic rings. The highest BCUT2D eigenvalue weighted by atomic mass is 16.3. The molecular weight excluding hydrogens is 260 g/mol. The summed E-state index contributed by atoms with van der Waals surface area (Å²) in [6.07, 6.45) is 2.92. The van der Waals surface area contributed by atoms with Crippen LogP contribution in [-0.4, -0.2) is 13.6 Å². The summed E-state index contributed by atoms with van der Waals surface area (Å²) < 4.78 is 5.39. The molecule has 0 fully saturated rings. The Morgan fingerprint density at radius 3 is 2.62 bits per heavy atom. The van der Waals surface area contributed by atoms with Crippen molar-refractivity contribution >= 4 is 5.69 Å². The largest absolute Gasteiger partial charge is 0.469 e. The summed E-state index contributed by atoms with van der Waals surface area (Å²) in [5, 5.41) is 3.50. The molecule has 3 nitrogen and oxygen atoms in total. The van der Waals surface area contributed by atoms with E-state index >= 15 is 0 Å². The molecule has 0 aliphatic heterocycles. The molecule has 0 unspecified atom stereocenters. The summed E-state index contributed by atoms with van der Waals surface area (Å²) in [5.41, 5.74) is 5.18. The molecular formula is C18H26N2O. The summed E-state index contributed by atoms with van der Waals surface area (Å²) >= 11 is 0. The van der Waals surface area contributed by atoms with Gasteiger partial charge in [0.15, 0.2) is 0 Å². The van der Waals surface area contributed by atoms with Crippen LogP contribution in [0, 0.1) is 13.8 Å². The van der Waals surface area contributed by atoms with Crippen LogP contribution in [0.5, 0.6) is 0 Å². The third kappa shape index (κ3) is 4.11. The lowest BCUT2D eigenvalue weighted by Crippen LogP contribution is -2.21. The molecule has 2 rings (SSSR count). The molecule has 0 radical (unpaired) electrons. The first kappa shape index (κ1) is 15.6. The zero-order chi connectivity index (χ0) is 15.2. The molecule has 0 bridgehead atoms. The number of benzene rings is 1. The van der Waals surface area contributed by atoms with E-state index in [9.17, 15) is 0 Å². The molecule has 114 valence electrons. The van der Waals surface area contributed by atoms with Gasteiger partial charge in [-0.05, 0) is 44.5 Å². The fourth-order valence-electron chi connectivity index (χ4n) is 2.54. The molecule has 1 aromatic heterocycles. The SMILES string of the molecule is CCCNCc1cc(C)ccc1N(C)Cc1ccoc1C. The summed E-state index contributed by atoms with van der Waals surface area (Å²) in [6.45, 7) is 9.19. The number of hydrogen-bond donors (Lipinski definition) is 1. The molecule has 0 saturated carbocycles. The summed E-state index contributed by atoms with van der Waals surface area (Å²) in [7, 11) is 2.14. The minimum Gasteiger partial charge on any atom is -0.469 e. The van der Waals surface area contributed by atoms with Crippen molar-refractivity contribution in [3.63, 3.8) is 0 Å². The van der Waals surface area contributed by atoms with E-state index in [-0.39, 0.29) is 0 Å². The Morgan fingerprint density at radius 1 is 1.14 bits per heavy atom. The maximum Gasteiger partial charge on any atom is 0.105 e. The lowest BCUT2D eigenvalue weighted by atomic mass is 10.1. The van der Waals surface area contributed by atoms with Gasteiger partial charge in [-0.25, -0.2) is 0 Å². The Kier molecular flexibility index (Phi) is 5.45. The van der Waals surface area contributed by atoms with E-state index in [1.807, 2.05) is 6.92 Å². The van der Waals surface area contributed by atoms with Crippen molar-refractivity contribution in [2.75, 3.05) is 18.5 Å². The standard InChI is InChI=1S/C18H26N2O/c1-5-9-19-12-17-11-14(2)6-7-18(17)20(4)13-16-8-10-21-15(16)3/h6-8,10-11,19H,5,9,12-13H2,1-4H3. The number of anilines is 1. The van der Waals surface area contributed by atoms with Crippen molar-refractivity contribution in [3.05, 3.63) is 53.0 Å². The fraction of sp³-hybridized carbons (Fsp3) is 0.444. The molecule has 0 aliphatic rings. The first-order valence-corrected chi connectivity index (χ1v) is 7.66. The zero-order valence-electron chi connectivity index (χ0n) is 13.6. The quantitative estimate of drug-likeness (QED) is 0.779. The van der Waals surface area contributed by atoms with Gasteiger partial charge in [0, 0.05) is 31.4 Å². The maximum atomic E-state index is 5.39. The minimum absolute atomic E-state index is 0.867. The number of aryl methyl sites for hydroxylation is 2. The molecule has 3 heteroatoms. The molecule has 21 heavy (non-hydrogen) atoms. The molecule has 0 atom stereocenters. The number of nitrogens with one attached hydrogen (secondary N) is 1. The van der Waals surface area contributed by atoms with Gasteiger partial charge in [-0.3, -0.25) is 0 Å². The van der Waals surface area contributed by atoms with Crippen molar-refractivity contribution in [3.8, 4) is 0 Å². The average molecular weight is 286 g/mol. The van der Waals surface area contributed by atoms with Crippen LogP contribution in [0.15, 0.2) is 34.9 Å². The Morgan fingerprint density at radius 2 is 1.95 bits per heavy atom. The van der Waals surface area contributed by atoms with Crippen LogP contribution in [0.2, 0.25) is 0 Å². The van der Waals surface area contributed by atoms with Gasteiger partial charge in [-0.15, -0.1) is 0 Å². The molecule has 0 aliphatic carbocycles. The Bertz CT molecular complexity index is 574. The second-order valence-corrected chi connectivity index (χ2v) is 5.67. The normalized spacial score (nSPS) is 10.9. The zero-order valence-corrected chi connectivity index (χ0v) is 13.6. The molecule has 1 aromatic carbocycles. The van der Waals surface area contributed by atoms with Gasteiger partial charge in [-0.2, -0.15) is 0 Å². The fourth-order valence-corrected chi connectivity index (χ4v) is 2.54. The van der Waals surface area contributed by atoms with Gasteiger partial charge >= 0.3 is 0 Å². The third-order valence-electron chi connectivity index (χ3n) is 3.76. The van der Waals surface area contributed by atoms with E-state index < -0.39 is 0 Å². The number of nitrogens with zero attached hydrogens (tertiary/aromatic N) is 1. The van der Waals surface area contributed by atoms with Crippen molar-refractivity contribution < 1.29 is 4.42 Å². The van der Waals surface area contributed by atoms with Crippen LogP contribution in [0.4, 0.5) is 5.69 Å². The topological polar surface area (TPSA) is 28.4 Å². The van der Waals surface area contributed by atoms with Crippen LogP contribution in [-0.2, 0) is 13.1 Å². The van der Waals surface area contributed by atoms with E-state index in [2.05, 4.69) is 55.4 Å². The molecule has 0 spiro atoms. The van der Waals surface area contributed by atoms with E-state index in [0.29, 0.717) is 0 Å². The lowest BCUT2D eigenvalue weighted by molar-refractivity contribution is 0.529. The van der Waals surface area contributed by atoms with Gasteiger partial charge in [0.1, 0.15) is 5.76 Å². The molecule has 1 N–H and O–H groups in total. The second kappa shape index (κ2) is 7.32. The van der Waals surface area contributed by atoms with E-state index in [4.69, 9.17) is 4.42 Å². The number of furan rings is 1. The minimum atomic E-state index is 0.867. The Hall–Kier alpha value is -1.74. The van der Waals surface area contributed by atoms with Crippen LogP contribution in [0.1, 0.15) is 35.8 Å². The maximum absolute atomic E-state index is 5.39. The van der Waals surface area contributed by atoms with Crippen molar-refractivity contribution in [2.45, 2.75) is 40.3 Å². The van der Waals surface area contributed by atoms with Gasteiger partial charge < -0.3 is 14.6 Å². The highest BCUT2D eigenvalue weighted by Crippen LogP contribution is 2.23. The highest BCUT2D eigenvalue weighted by molar-refractivity contribution is 5.55. The molecule has 1 heterocycles. The van der Waals surface area contributed by atoms with Gasteiger partial charge in [-0.1, -0.05) is 24.6 Å². The first-order chi connectivity index (χ1) is 10.1. The monoisotopic (exact) mass is 286 g/mol. The lowest BCUT2D eigenvalue weighted by Gasteiger charge is -2.23. The highest BCUT2D eigenvalue weighted by Gasteiger charge is 2.10. The van der Waals surface area contributed by atoms with Crippen LogP contribution in [0.3, 0.4) is 0 Å². The smallest absolute Gasteiger partial charge is 0.105 e. The van der Waals surface area contributed by atoms with Crippen LogP contribution >= 0.6 is 0 Å². The average Bonchev–Trinajstić information content (AvgIpc) is 2.84. The van der Waals surface area contributed by atoms with Gasteiger partial charge in [0.25, 0.3) is 0 Å². The Balaban J connectivity index is 2.15. The van der Waals surface area contributed by atoms with Crippen LogP contribution in [0.25, 0.3) is 0 Å². The van der Waals surface area contributed by atoms with E-state index in [1.54, 1.807) is 6.26 Å². The van der Waals surface area contributed by atoms with Crippen LogP contribution < -0.4 is 10.2 Å². The summed E-state index contributed by atoms with van der Waals surface area (Å²) in [4.78, 5) is 2.29. The molecule has 0 amide bonds. The molecule has 0 saturated heterocycles. The van der Waals surface area contributed by atoms with Crippen molar-refractivity contribution in [1.29, 1.82) is 0 Å². The number of hydrogen-bond acceptors (Lipinski definition) is 3. The number of rotatable bonds is 7. The predicted molar refractivity (Wildman–Crippen MR) is 88.7 cm³/mol. The summed E-state index contributed by atoms with van der Waals surface area (Å²) in [5.74, 6) is 1.000. The third-order valence-corrected chi connectivity index (χ3v) is 3.76. The van der Waals surface area contributed by atoms with E-state index in [1.165, 1.54) is 22.4 Å². The van der Waals surface area contributed by atoms with E-state index in [0.717, 1.165) is 31.8 Å². The Labute approximate surface area is 128 Å². The first-order valence-electron chi connectivity index (χ1n) is 7.66.